The first-order valence-corrected chi connectivity index (χ1v) is 5.90. The number of rotatable bonds is 5. The Balaban J connectivity index is 2.30. The minimum atomic E-state index is -0.367. The minimum Gasteiger partial charge on any atom is -0.493 e. The zero-order valence-electron chi connectivity index (χ0n) is 10.5. The highest BCUT2D eigenvalue weighted by atomic mass is 16.7. The molecule has 0 aliphatic carbocycles. The van der Waals surface area contributed by atoms with E-state index in [2.05, 4.69) is 18.3 Å². The smallest absolute Gasteiger partial charge is 0.231 e. The van der Waals surface area contributed by atoms with Crippen LogP contribution in [-0.4, -0.2) is 20.4 Å². The Morgan fingerprint density at radius 1 is 1.50 bits per heavy atom. The van der Waals surface area contributed by atoms with Crippen LogP contribution in [0, 0.1) is 11.3 Å². The molecule has 96 valence electrons. The van der Waals surface area contributed by atoms with Gasteiger partial charge in [0.15, 0.2) is 11.5 Å². The molecule has 1 aliphatic rings. The summed E-state index contributed by atoms with van der Waals surface area (Å²) in [5.74, 6) is 1.83. The van der Waals surface area contributed by atoms with Gasteiger partial charge in [-0.25, -0.2) is 0 Å². The van der Waals surface area contributed by atoms with Crippen molar-refractivity contribution in [2.24, 2.45) is 0 Å². The van der Waals surface area contributed by atoms with E-state index in [0.717, 1.165) is 18.5 Å². The standard InChI is InChI=1S/C13H16N2O3/c1-3-4-15-10(7-14)9-5-11(16-2)13-12(6-9)17-8-18-13/h5-6,10,15H,3-4,8H2,1-2H3. The first kappa shape index (κ1) is 12.5. The maximum Gasteiger partial charge on any atom is 0.231 e. The Morgan fingerprint density at radius 2 is 2.33 bits per heavy atom. The lowest BCUT2D eigenvalue weighted by Crippen LogP contribution is -2.20. The summed E-state index contributed by atoms with van der Waals surface area (Å²) in [5, 5.41) is 12.4. The van der Waals surface area contributed by atoms with Crippen molar-refractivity contribution >= 4 is 0 Å². The van der Waals surface area contributed by atoms with Crippen molar-refractivity contribution in [3.63, 3.8) is 0 Å². The fourth-order valence-electron chi connectivity index (χ4n) is 1.84. The maximum atomic E-state index is 9.19. The molecule has 0 saturated carbocycles. The first-order valence-electron chi connectivity index (χ1n) is 5.90. The molecule has 18 heavy (non-hydrogen) atoms. The van der Waals surface area contributed by atoms with Crippen molar-refractivity contribution in [2.45, 2.75) is 19.4 Å². The van der Waals surface area contributed by atoms with E-state index in [-0.39, 0.29) is 12.8 Å². The Kier molecular flexibility index (Phi) is 3.90. The molecule has 0 radical (unpaired) electrons. The number of nitrogens with one attached hydrogen (secondary N) is 1. The number of hydrogen-bond donors (Lipinski definition) is 1. The highest BCUT2D eigenvalue weighted by Gasteiger charge is 2.22. The highest BCUT2D eigenvalue weighted by Crippen LogP contribution is 2.42. The van der Waals surface area contributed by atoms with Crippen LogP contribution in [-0.2, 0) is 0 Å². The molecule has 0 amide bonds. The van der Waals surface area contributed by atoms with Gasteiger partial charge in [0.05, 0.1) is 13.2 Å². The maximum absolute atomic E-state index is 9.19. The van der Waals surface area contributed by atoms with Crippen LogP contribution in [0.5, 0.6) is 17.2 Å². The minimum absolute atomic E-state index is 0.189. The monoisotopic (exact) mass is 248 g/mol. The molecular weight excluding hydrogens is 232 g/mol. The molecule has 5 heteroatoms. The molecule has 5 nitrogen and oxygen atoms in total. The van der Waals surface area contributed by atoms with Crippen LogP contribution in [0.2, 0.25) is 0 Å². The first-order chi connectivity index (χ1) is 8.80. The van der Waals surface area contributed by atoms with Gasteiger partial charge in [0.25, 0.3) is 0 Å². The molecule has 2 rings (SSSR count). The molecule has 1 unspecified atom stereocenters. The van der Waals surface area contributed by atoms with E-state index in [0.29, 0.717) is 17.2 Å². The number of nitrogens with zero attached hydrogens (tertiary/aromatic N) is 1. The van der Waals surface area contributed by atoms with Gasteiger partial charge in [-0.1, -0.05) is 6.92 Å². The van der Waals surface area contributed by atoms with Gasteiger partial charge < -0.3 is 14.2 Å². The number of nitriles is 1. The SMILES string of the molecule is CCCNC(C#N)c1cc(OC)c2c(c1)OCO2. The molecule has 1 atom stereocenters. The number of ether oxygens (including phenoxy) is 3. The van der Waals surface area contributed by atoms with Crippen LogP contribution in [0.4, 0.5) is 0 Å². The third-order valence-corrected chi connectivity index (χ3v) is 2.74. The summed E-state index contributed by atoms with van der Waals surface area (Å²) in [6.07, 6.45) is 0.972. The van der Waals surface area contributed by atoms with Gasteiger partial charge in [-0.15, -0.1) is 0 Å². The van der Waals surface area contributed by atoms with Crippen LogP contribution < -0.4 is 19.5 Å². The van der Waals surface area contributed by atoms with Gasteiger partial charge in [-0.05, 0) is 30.7 Å². The van der Waals surface area contributed by atoms with E-state index < -0.39 is 0 Å². The number of fused-ring (bicyclic) bond motifs is 1. The van der Waals surface area contributed by atoms with Gasteiger partial charge in [0, 0.05) is 0 Å². The van der Waals surface area contributed by atoms with Gasteiger partial charge in [0.2, 0.25) is 12.5 Å². The summed E-state index contributed by atoms with van der Waals surface area (Å²) in [5.41, 5.74) is 0.826. The molecule has 1 aromatic rings. The van der Waals surface area contributed by atoms with Crippen LogP contribution in [0.25, 0.3) is 0 Å². The lowest BCUT2D eigenvalue weighted by atomic mass is 10.1. The van der Waals surface area contributed by atoms with Crippen LogP contribution in [0.1, 0.15) is 24.9 Å². The van der Waals surface area contributed by atoms with Crippen molar-refractivity contribution in [3.05, 3.63) is 17.7 Å². The zero-order chi connectivity index (χ0) is 13.0. The average Bonchev–Trinajstić information content (AvgIpc) is 2.87. The van der Waals surface area contributed by atoms with Crippen molar-refractivity contribution in [3.8, 4) is 23.3 Å². The topological polar surface area (TPSA) is 63.5 Å². The van der Waals surface area contributed by atoms with Crippen molar-refractivity contribution in [2.75, 3.05) is 20.4 Å². The molecule has 0 saturated heterocycles. The van der Waals surface area contributed by atoms with E-state index in [1.807, 2.05) is 12.1 Å². The average molecular weight is 248 g/mol. The second-order valence-corrected chi connectivity index (χ2v) is 3.97. The normalized spacial score (nSPS) is 14.1. The molecule has 1 N–H and O–H groups in total. The number of hydrogen-bond acceptors (Lipinski definition) is 5. The summed E-state index contributed by atoms with van der Waals surface area (Å²) in [7, 11) is 1.57. The molecule has 1 heterocycles. The number of benzene rings is 1. The summed E-state index contributed by atoms with van der Waals surface area (Å²) >= 11 is 0. The van der Waals surface area contributed by atoms with Crippen LogP contribution in [0.3, 0.4) is 0 Å². The second-order valence-electron chi connectivity index (χ2n) is 3.97. The van der Waals surface area contributed by atoms with Gasteiger partial charge in [0.1, 0.15) is 6.04 Å². The highest BCUT2D eigenvalue weighted by molar-refractivity contribution is 5.56. The molecule has 0 aromatic heterocycles. The van der Waals surface area contributed by atoms with Crippen molar-refractivity contribution < 1.29 is 14.2 Å². The van der Waals surface area contributed by atoms with Gasteiger partial charge >= 0.3 is 0 Å². The number of methoxy groups -OCH3 is 1. The lowest BCUT2D eigenvalue weighted by molar-refractivity contribution is 0.171. The second kappa shape index (κ2) is 5.61. The van der Waals surface area contributed by atoms with E-state index >= 15 is 0 Å². The van der Waals surface area contributed by atoms with E-state index in [1.165, 1.54) is 0 Å². The van der Waals surface area contributed by atoms with Crippen molar-refractivity contribution in [1.29, 1.82) is 5.26 Å². The van der Waals surface area contributed by atoms with E-state index in [9.17, 15) is 5.26 Å². The molecule has 1 aromatic carbocycles. The van der Waals surface area contributed by atoms with Crippen LogP contribution >= 0.6 is 0 Å². The van der Waals surface area contributed by atoms with Crippen molar-refractivity contribution in [1.82, 2.24) is 5.32 Å². The zero-order valence-corrected chi connectivity index (χ0v) is 10.5. The van der Waals surface area contributed by atoms with Gasteiger partial charge in [-0.2, -0.15) is 5.26 Å². The summed E-state index contributed by atoms with van der Waals surface area (Å²) in [4.78, 5) is 0. The van der Waals surface area contributed by atoms with Crippen LogP contribution in [0.15, 0.2) is 12.1 Å². The Morgan fingerprint density at radius 3 is 3.00 bits per heavy atom. The third kappa shape index (κ3) is 2.34. The fraction of sp³-hybridized carbons (Fsp3) is 0.462. The van der Waals surface area contributed by atoms with E-state index in [1.54, 1.807) is 7.11 Å². The predicted octanol–water partition coefficient (Wildman–Crippen LogP) is 1.99. The third-order valence-electron chi connectivity index (χ3n) is 2.74. The fourth-order valence-corrected chi connectivity index (χ4v) is 1.84. The summed E-state index contributed by atoms with van der Waals surface area (Å²) in [6, 6.07) is 5.50. The molecule has 1 aliphatic heterocycles. The quantitative estimate of drug-likeness (QED) is 0.863. The molecule has 0 fully saturated rings. The Hall–Kier alpha value is -1.93. The summed E-state index contributed by atoms with van der Waals surface area (Å²) in [6.45, 7) is 3.03. The van der Waals surface area contributed by atoms with Gasteiger partial charge in [-0.3, -0.25) is 5.32 Å². The summed E-state index contributed by atoms with van der Waals surface area (Å²) < 4.78 is 15.9. The molecule has 0 bridgehead atoms. The molecular formula is C13H16N2O3. The largest absolute Gasteiger partial charge is 0.493 e. The Bertz CT molecular complexity index is 468. The predicted molar refractivity (Wildman–Crippen MR) is 65.8 cm³/mol. The van der Waals surface area contributed by atoms with E-state index in [4.69, 9.17) is 14.2 Å². The Labute approximate surface area is 106 Å². The lowest BCUT2D eigenvalue weighted by Gasteiger charge is -2.13. The molecule has 0 spiro atoms.